The van der Waals surface area contributed by atoms with Gasteiger partial charge in [0.25, 0.3) is 11.5 Å². The molecule has 9 heteroatoms. The van der Waals surface area contributed by atoms with Crippen molar-refractivity contribution in [1.29, 1.82) is 0 Å². The number of fused-ring (bicyclic) bond motifs is 3. The summed E-state index contributed by atoms with van der Waals surface area (Å²) >= 11 is 3.36. The van der Waals surface area contributed by atoms with E-state index in [-0.39, 0.29) is 23.9 Å². The lowest BCUT2D eigenvalue weighted by molar-refractivity contribution is -0.384. The average molecular weight is 418 g/mol. The molecule has 0 fully saturated rings. The van der Waals surface area contributed by atoms with Gasteiger partial charge < -0.3 is 9.57 Å². The molecule has 26 heavy (non-hydrogen) atoms. The van der Waals surface area contributed by atoms with Crippen molar-refractivity contribution >= 4 is 38.9 Å². The van der Waals surface area contributed by atoms with Crippen LogP contribution >= 0.6 is 15.9 Å². The van der Waals surface area contributed by atoms with Crippen LogP contribution in [0, 0.1) is 10.1 Å². The van der Waals surface area contributed by atoms with Crippen LogP contribution in [-0.2, 0) is 9.57 Å². The molecule has 4 rings (SSSR count). The molecule has 2 aromatic carbocycles. The number of benzene rings is 2. The zero-order valence-electron chi connectivity index (χ0n) is 13.5. The molecule has 2 aliphatic heterocycles. The second kappa shape index (κ2) is 5.89. The summed E-state index contributed by atoms with van der Waals surface area (Å²) in [5.74, 6) is -1.82. The number of anilines is 1. The maximum absolute atomic E-state index is 13.0. The Hall–Kier alpha value is -2.78. The van der Waals surface area contributed by atoms with Crippen LogP contribution in [0.1, 0.15) is 22.8 Å². The Balaban J connectivity index is 1.87. The van der Waals surface area contributed by atoms with Gasteiger partial charge in [-0.2, -0.15) is 0 Å². The van der Waals surface area contributed by atoms with Gasteiger partial charge in [-0.15, -0.1) is 0 Å². The molecule has 0 saturated heterocycles. The molecule has 2 aliphatic rings. The lowest BCUT2D eigenvalue weighted by atomic mass is 10.1. The third kappa shape index (κ3) is 2.24. The summed E-state index contributed by atoms with van der Waals surface area (Å²) in [4.78, 5) is 30.6. The number of ether oxygens (including phenoxy) is 1. The van der Waals surface area contributed by atoms with Crippen LogP contribution < -0.4 is 4.90 Å². The van der Waals surface area contributed by atoms with Crippen LogP contribution in [0.3, 0.4) is 0 Å². The van der Waals surface area contributed by atoms with Gasteiger partial charge in [-0.05, 0) is 25.1 Å². The molecular weight excluding hydrogens is 406 g/mol. The van der Waals surface area contributed by atoms with Crippen molar-refractivity contribution in [2.75, 3.05) is 11.5 Å². The summed E-state index contributed by atoms with van der Waals surface area (Å²) in [5.41, 5.74) is 1.35. The Morgan fingerprint density at radius 3 is 2.88 bits per heavy atom. The van der Waals surface area contributed by atoms with Gasteiger partial charge in [0, 0.05) is 22.2 Å². The highest BCUT2D eigenvalue weighted by Crippen LogP contribution is 2.45. The van der Waals surface area contributed by atoms with Gasteiger partial charge in [-0.25, -0.2) is 0 Å². The number of nitrogens with zero attached hydrogens (tertiary/aromatic N) is 3. The molecule has 0 aliphatic carbocycles. The van der Waals surface area contributed by atoms with Crippen molar-refractivity contribution in [1.82, 2.24) is 0 Å². The quantitative estimate of drug-likeness (QED) is 0.558. The number of Topliss-reactive ketones (excluding diaryl/α,β-unsaturated/α-hetero) is 1. The number of nitro groups is 1. The fraction of sp³-hybridized carbons (Fsp3) is 0.176. The predicted molar refractivity (Wildman–Crippen MR) is 96.0 cm³/mol. The lowest BCUT2D eigenvalue weighted by Crippen LogP contribution is -2.52. The third-order valence-electron chi connectivity index (χ3n) is 4.15. The van der Waals surface area contributed by atoms with Gasteiger partial charge in [0.1, 0.15) is 0 Å². The number of hydrogen-bond acceptors (Lipinski definition) is 7. The standard InChI is InChI=1S/C17H12BrN3O5/c1-2-25-17-15(22)13-9-11(18)6-7-14(13)20(17)16(19-26-17)10-4-3-5-12(8-10)21(23)24/h3-9H,2H2,1H3/t17-/m1/s1. The highest BCUT2D eigenvalue weighted by Gasteiger charge is 2.61. The van der Waals surface area contributed by atoms with E-state index in [4.69, 9.17) is 9.57 Å². The normalized spacial score (nSPS) is 20.5. The van der Waals surface area contributed by atoms with Crippen molar-refractivity contribution in [3.05, 3.63) is 68.2 Å². The SMILES string of the molecule is CCO[C@]12ON=C(c3cccc([N+](=O)[O-])c3)N1c1ccc(Br)cc1C2=O. The molecular formula is C17H12BrN3O5. The summed E-state index contributed by atoms with van der Waals surface area (Å²) in [6.45, 7) is 1.96. The van der Waals surface area contributed by atoms with E-state index < -0.39 is 10.8 Å². The first-order chi connectivity index (χ1) is 12.5. The molecule has 0 N–H and O–H groups in total. The summed E-state index contributed by atoms with van der Waals surface area (Å²) in [7, 11) is 0. The van der Waals surface area contributed by atoms with Gasteiger partial charge in [0.15, 0.2) is 5.84 Å². The van der Waals surface area contributed by atoms with Crippen molar-refractivity contribution in [2.45, 2.75) is 12.8 Å². The van der Waals surface area contributed by atoms with E-state index >= 15 is 0 Å². The second-order valence-electron chi connectivity index (χ2n) is 5.65. The number of nitro benzene ring substituents is 1. The van der Waals surface area contributed by atoms with Gasteiger partial charge in [-0.1, -0.05) is 33.2 Å². The number of hydrogen-bond donors (Lipinski definition) is 0. The molecule has 8 nitrogen and oxygen atoms in total. The molecule has 0 unspecified atom stereocenters. The van der Waals surface area contributed by atoms with Gasteiger partial charge in [0.05, 0.1) is 22.8 Å². The number of rotatable bonds is 4. The summed E-state index contributed by atoms with van der Waals surface area (Å²) < 4.78 is 6.41. The van der Waals surface area contributed by atoms with E-state index in [9.17, 15) is 14.9 Å². The Bertz CT molecular complexity index is 977. The largest absolute Gasteiger partial charge is 0.390 e. The number of oxime groups is 1. The van der Waals surface area contributed by atoms with Gasteiger partial charge in [0.2, 0.25) is 0 Å². The topological polar surface area (TPSA) is 94.3 Å². The van der Waals surface area contributed by atoms with E-state index in [1.165, 1.54) is 12.1 Å². The zero-order valence-corrected chi connectivity index (χ0v) is 15.1. The van der Waals surface area contributed by atoms with Crippen LogP contribution in [0.2, 0.25) is 0 Å². The molecule has 2 aromatic rings. The molecule has 0 radical (unpaired) electrons. The summed E-state index contributed by atoms with van der Waals surface area (Å²) in [5, 5.41) is 15.1. The Morgan fingerprint density at radius 2 is 2.15 bits per heavy atom. The number of carbonyl (C=O) groups excluding carboxylic acids is 1. The maximum atomic E-state index is 13.0. The Morgan fingerprint density at radius 1 is 1.35 bits per heavy atom. The van der Waals surface area contributed by atoms with Crippen molar-refractivity contribution in [3.63, 3.8) is 0 Å². The number of amidine groups is 1. The number of non-ortho nitro benzene ring substituents is 1. The smallest absolute Gasteiger partial charge is 0.327 e. The molecule has 0 bridgehead atoms. The van der Waals surface area contributed by atoms with Crippen LogP contribution in [0.25, 0.3) is 0 Å². The van der Waals surface area contributed by atoms with E-state index in [2.05, 4.69) is 21.1 Å². The lowest BCUT2D eigenvalue weighted by Gasteiger charge is -2.28. The number of ketones is 1. The van der Waals surface area contributed by atoms with Crippen molar-refractivity contribution in [3.8, 4) is 0 Å². The maximum Gasteiger partial charge on any atom is 0.390 e. The molecule has 0 amide bonds. The van der Waals surface area contributed by atoms with E-state index in [1.807, 2.05) is 0 Å². The molecule has 0 spiro atoms. The predicted octanol–water partition coefficient (Wildman–Crippen LogP) is 3.44. The average Bonchev–Trinajstić information content (AvgIpc) is 3.11. The third-order valence-corrected chi connectivity index (χ3v) is 4.64. The Labute approximate surface area is 156 Å². The number of halogens is 1. The van der Waals surface area contributed by atoms with Crippen LogP contribution in [0.5, 0.6) is 0 Å². The number of carbonyl (C=O) groups is 1. The minimum absolute atomic E-state index is 0.0827. The van der Waals surface area contributed by atoms with E-state index in [0.29, 0.717) is 16.8 Å². The van der Waals surface area contributed by atoms with Crippen molar-refractivity contribution < 1.29 is 19.3 Å². The molecule has 132 valence electrons. The molecule has 2 heterocycles. The van der Waals surface area contributed by atoms with Crippen LogP contribution in [0.15, 0.2) is 52.1 Å². The molecule has 1 atom stereocenters. The highest BCUT2D eigenvalue weighted by atomic mass is 79.9. The monoisotopic (exact) mass is 417 g/mol. The first-order valence-corrected chi connectivity index (χ1v) is 8.57. The second-order valence-corrected chi connectivity index (χ2v) is 6.57. The summed E-state index contributed by atoms with van der Waals surface area (Å²) in [6, 6.07) is 11.2. The zero-order chi connectivity index (χ0) is 18.5. The first-order valence-electron chi connectivity index (χ1n) is 7.77. The Kier molecular flexibility index (Phi) is 3.78. The minimum Gasteiger partial charge on any atom is -0.327 e. The first kappa shape index (κ1) is 16.7. The van der Waals surface area contributed by atoms with Gasteiger partial charge in [-0.3, -0.25) is 19.8 Å². The molecule has 0 aromatic heterocycles. The van der Waals surface area contributed by atoms with Gasteiger partial charge >= 0.3 is 5.91 Å². The van der Waals surface area contributed by atoms with E-state index in [0.717, 1.165) is 4.47 Å². The highest BCUT2D eigenvalue weighted by molar-refractivity contribution is 9.10. The minimum atomic E-state index is -1.72. The van der Waals surface area contributed by atoms with Crippen LogP contribution in [0.4, 0.5) is 11.4 Å². The van der Waals surface area contributed by atoms with Crippen molar-refractivity contribution in [2.24, 2.45) is 5.16 Å². The van der Waals surface area contributed by atoms with Crippen LogP contribution in [-0.4, -0.2) is 29.1 Å². The van der Waals surface area contributed by atoms with E-state index in [1.54, 1.807) is 42.2 Å². The fourth-order valence-corrected chi connectivity index (χ4v) is 3.45. The molecule has 0 saturated carbocycles. The summed E-state index contributed by atoms with van der Waals surface area (Å²) in [6.07, 6.45) is 0. The fourth-order valence-electron chi connectivity index (χ4n) is 3.09.